The Kier molecular flexibility index (Phi) is 10.7. The van der Waals surface area contributed by atoms with E-state index in [0.717, 1.165) is 23.8 Å². The molecule has 2 heterocycles. The predicted molar refractivity (Wildman–Crippen MR) is 162 cm³/mol. The molecule has 0 aliphatic carbocycles. The first-order valence-electron chi connectivity index (χ1n) is 13.9. The zero-order valence-corrected chi connectivity index (χ0v) is 26.6. The number of carboxylic acid groups (broad SMARTS) is 1. The summed E-state index contributed by atoms with van der Waals surface area (Å²) in [7, 11) is -8.56. The molecule has 264 valence electrons. The third kappa shape index (κ3) is 9.04. The SMILES string of the molecule is N#Cc1cc(C[C@H](NS(=O)(=O)c2cccc(C(F)(F)F)c2)c2ncc(-c3ccccc3)[nH]2)ccc1C1CC(=O)NS1(=O)=O.O=C(O)C(F)(F)F. The third-order valence-electron chi connectivity index (χ3n) is 7.05. The molecule has 0 saturated carbocycles. The molecular weight excluding hydrogens is 720 g/mol. The van der Waals surface area contributed by atoms with Gasteiger partial charge in [0.05, 0.1) is 46.4 Å². The Hall–Kier alpha value is -5.26. The number of nitrogens with zero attached hydrogens (tertiary/aromatic N) is 2. The largest absolute Gasteiger partial charge is 0.490 e. The van der Waals surface area contributed by atoms with Crippen LogP contribution < -0.4 is 9.44 Å². The molecule has 1 aromatic heterocycles. The van der Waals surface area contributed by atoms with Crippen molar-refractivity contribution < 1.29 is 57.9 Å². The Bertz CT molecular complexity index is 2170. The second-order valence-corrected chi connectivity index (χ2v) is 14.1. The smallest absolute Gasteiger partial charge is 0.475 e. The average Bonchev–Trinajstić information content (AvgIpc) is 3.64. The molecule has 1 fully saturated rings. The molecule has 1 aliphatic heterocycles. The third-order valence-corrected chi connectivity index (χ3v) is 10.2. The van der Waals surface area contributed by atoms with E-state index in [0.29, 0.717) is 17.3 Å². The minimum Gasteiger partial charge on any atom is -0.475 e. The Morgan fingerprint density at radius 3 is 2.26 bits per heavy atom. The van der Waals surface area contributed by atoms with E-state index in [1.54, 1.807) is 24.3 Å². The summed E-state index contributed by atoms with van der Waals surface area (Å²) in [6, 6.07) is 17.3. The van der Waals surface area contributed by atoms with E-state index in [2.05, 4.69) is 14.7 Å². The number of sulfonamides is 2. The number of carbonyl (C=O) groups excluding carboxylic acids is 1. The highest BCUT2D eigenvalue weighted by molar-refractivity contribution is 7.90. The number of benzene rings is 3. The summed E-state index contributed by atoms with van der Waals surface area (Å²) in [5.41, 5.74) is 0.625. The molecule has 5 rings (SSSR count). The van der Waals surface area contributed by atoms with Gasteiger partial charge in [-0.3, -0.25) is 9.52 Å². The zero-order valence-electron chi connectivity index (χ0n) is 24.9. The normalized spacial score (nSPS) is 16.4. The van der Waals surface area contributed by atoms with E-state index in [9.17, 15) is 53.2 Å². The van der Waals surface area contributed by atoms with Crippen LogP contribution in [0.4, 0.5) is 26.3 Å². The number of imidazole rings is 1. The number of aliphatic carboxylic acids is 1. The number of hydrogen-bond donors (Lipinski definition) is 4. The van der Waals surface area contributed by atoms with Crippen molar-refractivity contribution in [3.8, 4) is 17.3 Å². The van der Waals surface area contributed by atoms with Crippen LogP contribution >= 0.6 is 0 Å². The van der Waals surface area contributed by atoms with Crippen molar-refractivity contribution >= 4 is 31.9 Å². The number of alkyl halides is 6. The van der Waals surface area contributed by atoms with Crippen molar-refractivity contribution in [1.29, 1.82) is 5.26 Å². The average molecular weight is 744 g/mol. The van der Waals surface area contributed by atoms with Crippen LogP contribution in [0.2, 0.25) is 0 Å². The fraction of sp³-hybridized carbons (Fsp3) is 0.200. The van der Waals surface area contributed by atoms with Gasteiger partial charge in [0.25, 0.3) is 0 Å². The van der Waals surface area contributed by atoms with Crippen LogP contribution in [-0.2, 0) is 42.2 Å². The molecule has 1 aliphatic rings. The fourth-order valence-corrected chi connectivity index (χ4v) is 7.44. The second kappa shape index (κ2) is 14.3. The summed E-state index contributed by atoms with van der Waals surface area (Å²) < 4.78 is 127. The number of aromatic nitrogens is 2. The maximum atomic E-state index is 13.3. The number of nitriles is 1. The summed E-state index contributed by atoms with van der Waals surface area (Å²) in [6.45, 7) is 0. The monoisotopic (exact) mass is 743 g/mol. The first kappa shape index (κ1) is 37.6. The molecule has 50 heavy (non-hydrogen) atoms. The minimum absolute atomic E-state index is 0.0357. The lowest BCUT2D eigenvalue weighted by atomic mass is 9.97. The molecule has 4 aromatic rings. The van der Waals surface area contributed by atoms with Gasteiger partial charge in [-0.1, -0.05) is 48.5 Å². The van der Waals surface area contributed by atoms with Crippen LogP contribution in [0.3, 0.4) is 0 Å². The maximum Gasteiger partial charge on any atom is 0.490 e. The molecule has 3 aromatic carbocycles. The van der Waals surface area contributed by atoms with E-state index < -0.39 is 66.0 Å². The van der Waals surface area contributed by atoms with Gasteiger partial charge in [-0.05, 0) is 47.4 Å². The molecule has 1 unspecified atom stereocenters. The molecule has 0 radical (unpaired) electrons. The molecule has 2 atom stereocenters. The number of halogens is 6. The number of nitrogens with one attached hydrogen (secondary N) is 3. The van der Waals surface area contributed by atoms with Crippen LogP contribution in [0.1, 0.15) is 45.8 Å². The Balaban J connectivity index is 0.000000727. The highest BCUT2D eigenvalue weighted by Gasteiger charge is 2.40. The minimum atomic E-state index is -5.08. The molecule has 12 nitrogen and oxygen atoms in total. The second-order valence-electron chi connectivity index (χ2n) is 10.6. The fourth-order valence-electron chi connectivity index (χ4n) is 4.74. The van der Waals surface area contributed by atoms with Gasteiger partial charge in [-0.25, -0.2) is 31.3 Å². The van der Waals surface area contributed by atoms with Crippen LogP contribution in [0.5, 0.6) is 0 Å². The lowest BCUT2D eigenvalue weighted by Crippen LogP contribution is -2.31. The van der Waals surface area contributed by atoms with Gasteiger partial charge in [0.1, 0.15) is 11.1 Å². The first-order chi connectivity index (χ1) is 23.2. The maximum absolute atomic E-state index is 13.3. The molecule has 1 amide bonds. The zero-order chi connectivity index (χ0) is 37.1. The summed E-state index contributed by atoms with van der Waals surface area (Å²) >= 11 is 0. The van der Waals surface area contributed by atoms with Crippen LogP contribution in [0.25, 0.3) is 11.3 Å². The number of amides is 1. The van der Waals surface area contributed by atoms with E-state index in [-0.39, 0.29) is 29.8 Å². The summed E-state index contributed by atoms with van der Waals surface area (Å²) in [5.74, 6) is -3.31. The van der Waals surface area contributed by atoms with Gasteiger partial charge >= 0.3 is 18.3 Å². The highest BCUT2D eigenvalue weighted by atomic mass is 32.2. The Morgan fingerprint density at radius 1 is 1.04 bits per heavy atom. The summed E-state index contributed by atoms with van der Waals surface area (Å²) in [6.07, 6.45) is -8.85. The summed E-state index contributed by atoms with van der Waals surface area (Å²) in [5, 5.41) is 15.6. The van der Waals surface area contributed by atoms with E-state index in [1.807, 2.05) is 16.9 Å². The molecule has 4 N–H and O–H groups in total. The number of aromatic amines is 1. The van der Waals surface area contributed by atoms with E-state index >= 15 is 0 Å². The quantitative estimate of drug-likeness (QED) is 0.184. The molecule has 20 heteroatoms. The van der Waals surface area contributed by atoms with Crippen LogP contribution in [0.15, 0.2) is 83.9 Å². The first-order valence-corrected chi connectivity index (χ1v) is 16.9. The van der Waals surface area contributed by atoms with Crippen molar-refractivity contribution in [2.75, 3.05) is 0 Å². The van der Waals surface area contributed by atoms with Crippen LogP contribution in [0, 0.1) is 11.3 Å². The summed E-state index contributed by atoms with van der Waals surface area (Å²) in [4.78, 5) is 27.4. The van der Waals surface area contributed by atoms with Crippen LogP contribution in [-0.4, -0.2) is 50.0 Å². The molecule has 1 saturated heterocycles. The van der Waals surface area contributed by atoms with E-state index in [1.165, 1.54) is 24.4 Å². The lowest BCUT2D eigenvalue weighted by molar-refractivity contribution is -0.192. The Morgan fingerprint density at radius 2 is 1.70 bits per heavy atom. The number of rotatable bonds is 8. The van der Waals surface area contributed by atoms with E-state index in [4.69, 9.17) is 9.90 Å². The molecular formula is C30H23F6N5O7S2. The Labute approximate surface area is 279 Å². The van der Waals surface area contributed by atoms with Gasteiger partial charge in [-0.2, -0.15) is 31.6 Å². The topological polar surface area (TPSA) is 199 Å². The van der Waals surface area contributed by atoms with Gasteiger partial charge in [0, 0.05) is 0 Å². The number of carboxylic acids is 1. The predicted octanol–water partition coefficient (Wildman–Crippen LogP) is 4.75. The number of H-pyrrole nitrogens is 1. The number of hydrogen-bond acceptors (Lipinski definition) is 8. The van der Waals surface area contributed by atoms with Gasteiger partial charge in [-0.15, -0.1) is 0 Å². The van der Waals surface area contributed by atoms with Gasteiger partial charge in [0.15, 0.2) is 0 Å². The standard InChI is InChI=1S/C28H22F3N5O5S2.C2HF3O2/c29-28(30,31)20-7-4-8-21(13-20)42(38,39)35-23(27-33-16-24(34-27)18-5-2-1-3-6-18)12-17-9-10-22(19(11-17)15-32)25-14-26(37)36-43(25,40)41;3-2(4,5)1(6)7/h1-11,13,16,23,25,35H,12,14H2,(H,33,34)(H,36,37);(H,6,7)/t23-,25?;/m0./s1. The van der Waals surface area contributed by atoms with Gasteiger partial charge in [0.2, 0.25) is 26.0 Å². The highest BCUT2D eigenvalue weighted by Crippen LogP contribution is 2.34. The van der Waals surface area contributed by atoms with Gasteiger partial charge < -0.3 is 10.1 Å². The molecule has 0 spiro atoms. The molecule has 0 bridgehead atoms. The number of carbonyl (C=O) groups is 2. The van der Waals surface area contributed by atoms with Crippen molar-refractivity contribution in [2.24, 2.45) is 0 Å². The van der Waals surface area contributed by atoms with Crippen molar-refractivity contribution in [1.82, 2.24) is 19.4 Å². The van der Waals surface area contributed by atoms with Crippen molar-refractivity contribution in [3.63, 3.8) is 0 Å². The van der Waals surface area contributed by atoms with Crippen molar-refractivity contribution in [2.45, 2.75) is 41.4 Å². The van der Waals surface area contributed by atoms with Crippen molar-refractivity contribution in [3.05, 3.63) is 107 Å². The lowest BCUT2D eigenvalue weighted by Gasteiger charge is -2.19.